The van der Waals surface area contributed by atoms with E-state index in [-0.39, 0.29) is 18.2 Å². The molecule has 0 aromatic carbocycles. The number of hydrogen-bond donors (Lipinski definition) is 4. The van der Waals surface area contributed by atoms with Crippen LogP contribution >= 0.6 is 21.6 Å². The molecule has 4 atom stereocenters. The standard InChI is InChI=1S/C65H132N4O6S2/c1-5-9-13-17-21-25-29-33-41-61(70)57-68(58-62(71)42-34-30-26-22-18-14-10-6-2)47-39-45-65(74)75-54-53-67-51-49-66(50-52-67)46-37-38-55-76-77-56-40-48-69(59-63(72)43-35-31-27-23-19-15-11-7-3)60-64(73)44-36-32-28-24-20-16-12-8-4/h61-64,70-73H,5-60H2,1-4H3. The average Bonchev–Trinajstić information content (AvgIpc) is 3.41. The molecule has 0 radical (unpaired) electrons. The lowest BCUT2D eigenvalue weighted by Gasteiger charge is -2.34. The van der Waals surface area contributed by atoms with Gasteiger partial charge in [-0.25, -0.2) is 0 Å². The van der Waals surface area contributed by atoms with E-state index in [1.165, 1.54) is 198 Å². The Morgan fingerprint density at radius 2 is 0.688 bits per heavy atom. The Morgan fingerprint density at radius 1 is 0.390 bits per heavy atom. The molecule has 1 aliphatic heterocycles. The molecule has 1 heterocycles. The Kier molecular flexibility index (Phi) is 56.1. The highest BCUT2D eigenvalue weighted by molar-refractivity contribution is 8.76. The smallest absolute Gasteiger partial charge is 0.305 e. The van der Waals surface area contributed by atoms with Gasteiger partial charge in [-0.1, -0.05) is 255 Å². The van der Waals surface area contributed by atoms with Crippen molar-refractivity contribution in [3.63, 3.8) is 0 Å². The molecular formula is C65H132N4O6S2. The average molecular weight is 1130 g/mol. The maximum Gasteiger partial charge on any atom is 0.305 e. The van der Waals surface area contributed by atoms with Gasteiger partial charge in [0.1, 0.15) is 6.61 Å². The van der Waals surface area contributed by atoms with Gasteiger partial charge in [0, 0.05) is 76.8 Å². The van der Waals surface area contributed by atoms with Crippen molar-refractivity contribution in [1.29, 1.82) is 0 Å². The molecule has 4 N–H and O–H groups in total. The molecule has 0 amide bonds. The zero-order valence-corrected chi connectivity index (χ0v) is 53.3. The van der Waals surface area contributed by atoms with Crippen molar-refractivity contribution in [2.45, 2.75) is 315 Å². The largest absolute Gasteiger partial charge is 0.464 e. The molecule has 460 valence electrons. The number of aliphatic hydroxyl groups excluding tert-OH is 4. The van der Waals surface area contributed by atoms with E-state index >= 15 is 0 Å². The number of carbonyl (C=O) groups is 1. The summed E-state index contributed by atoms with van der Waals surface area (Å²) in [6, 6.07) is 0. The lowest BCUT2D eigenvalue weighted by molar-refractivity contribution is -0.144. The Labute approximate surface area is 486 Å². The molecule has 4 unspecified atom stereocenters. The lowest BCUT2D eigenvalue weighted by Crippen LogP contribution is -2.47. The van der Waals surface area contributed by atoms with Gasteiger partial charge in [0.25, 0.3) is 0 Å². The van der Waals surface area contributed by atoms with Crippen LogP contribution in [0.2, 0.25) is 0 Å². The van der Waals surface area contributed by atoms with E-state index in [4.69, 9.17) is 4.74 Å². The molecule has 0 spiro atoms. The quantitative estimate of drug-likeness (QED) is 0.0264. The van der Waals surface area contributed by atoms with Crippen LogP contribution in [0.1, 0.15) is 291 Å². The van der Waals surface area contributed by atoms with Crippen molar-refractivity contribution in [2.75, 3.05) is 96.6 Å². The first kappa shape index (κ1) is 74.9. The van der Waals surface area contributed by atoms with Crippen molar-refractivity contribution in [2.24, 2.45) is 0 Å². The number of unbranched alkanes of at least 4 members (excludes halogenated alkanes) is 29. The number of hydrogen-bond acceptors (Lipinski definition) is 12. The zero-order chi connectivity index (χ0) is 55.9. The first-order valence-electron chi connectivity index (χ1n) is 33.7. The molecule has 12 heteroatoms. The summed E-state index contributed by atoms with van der Waals surface area (Å²) in [6.45, 7) is 19.7. The third-order valence-electron chi connectivity index (χ3n) is 16.2. The topological polar surface area (TPSA) is 120 Å². The lowest BCUT2D eigenvalue weighted by atomic mass is 10.0. The van der Waals surface area contributed by atoms with Crippen molar-refractivity contribution < 1.29 is 30.0 Å². The van der Waals surface area contributed by atoms with Crippen LogP contribution in [0.25, 0.3) is 0 Å². The predicted octanol–water partition coefficient (Wildman–Crippen LogP) is 15.6. The molecule has 1 saturated heterocycles. The van der Waals surface area contributed by atoms with E-state index in [9.17, 15) is 25.2 Å². The monoisotopic (exact) mass is 1130 g/mol. The summed E-state index contributed by atoms with van der Waals surface area (Å²) in [7, 11) is 3.99. The molecule has 0 bridgehead atoms. The van der Waals surface area contributed by atoms with Crippen LogP contribution in [0.15, 0.2) is 0 Å². The summed E-state index contributed by atoms with van der Waals surface area (Å²) in [5.41, 5.74) is 0. The van der Waals surface area contributed by atoms with Gasteiger partial charge in [0.15, 0.2) is 0 Å². The van der Waals surface area contributed by atoms with Gasteiger partial charge in [-0.05, 0) is 71.0 Å². The Balaban J connectivity index is 2.31. The first-order valence-corrected chi connectivity index (χ1v) is 36.2. The van der Waals surface area contributed by atoms with Crippen molar-refractivity contribution in [3.8, 4) is 0 Å². The zero-order valence-electron chi connectivity index (χ0n) is 51.6. The molecule has 0 aromatic rings. The fourth-order valence-electron chi connectivity index (χ4n) is 11.1. The van der Waals surface area contributed by atoms with Gasteiger partial charge in [0.05, 0.1) is 24.4 Å². The number of rotatable bonds is 61. The molecule has 0 aliphatic carbocycles. The molecule has 1 rings (SSSR count). The molecule has 10 nitrogen and oxygen atoms in total. The molecule has 1 fully saturated rings. The number of ether oxygens (including phenoxy) is 1. The van der Waals surface area contributed by atoms with Gasteiger partial charge in [-0.15, -0.1) is 0 Å². The van der Waals surface area contributed by atoms with Gasteiger partial charge in [-0.3, -0.25) is 19.5 Å². The summed E-state index contributed by atoms with van der Waals surface area (Å²) >= 11 is 0. The summed E-state index contributed by atoms with van der Waals surface area (Å²) in [5, 5.41) is 44.0. The summed E-state index contributed by atoms with van der Waals surface area (Å²) < 4.78 is 5.72. The SMILES string of the molecule is CCCCCCCCCCC(O)CN(CCCSSCCCCN1CCN(CCOC(=O)CCCN(CC(O)CCCCCCCCCC)CC(O)CCCCCCCCCC)CC1)CC(O)CCCCCCCCCC. The van der Waals surface area contributed by atoms with Crippen LogP contribution in [-0.2, 0) is 9.53 Å². The third kappa shape index (κ3) is 51.2. The third-order valence-corrected chi connectivity index (χ3v) is 18.7. The van der Waals surface area contributed by atoms with Crippen molar-refractivity contribution in [1.82, 2.24) is 19.6 Å². The van der Waals surface area contributed by atoms with E-state index in [0.717, 1.165) is 109 Å². The highest BCUT2D eigenvalue weighted by Crippen LogP contribution is 2.24. The van der Waals surface area contributed by atoms with Crippen LogP contribution in [-0.4, -0.2) is 167 Å². The summed E-state index contributed by atoms with van der Waals surface area (Å²) in [5.74, 6) is 2.14. The fraction of sp³-hybridized carbons (Fsp3) is 0.985. The molecule has 1 aliphatic rings. The van der Waals surface area contributed by atoms with Crippen molar-refractivity contribution >= 4 is 27.6 Å². The number of aliphatic hydroxyl groups is 4. The second-order valence-electron chi connectivity index (χ2n) is 23.9. The maximum atomic E-state index is 12.8. The van der Waals surface area contributed by atoms with E-state index in [1.54, 1.807) is 0 Å². The Bertz CT molecular complexity index is 1150. The van der Waals surface area contributed by atoms with Gasteiger partial charge in [0.2, 0.25) is 0 Å². The predicted molar refractivity (Wildman–Crippen MR) is 338 cm³/mol. The highest BCUT2D eigenvalue weighted by Gasteiger charge is 2.20. The van der Waals surface area contributed by atoms with Crippen LogP contribution in [0, 0.1) is 0 Å². The van der Waals surface area contributed by atoms with Crippen LogP contribution in [0.3, 0.4) is 0 Å². The van der Waals surface area contributed by atoms with E-state index < -0.39 is 12.2 Å². The normalized spacial score (nSPS) is 15.2. The minimum atomic E-state index is -0.401. The highest BCUT2D eigenvalue weighted by atomic mass is 33.1. The Morgan fingerprint density at radius 3 is 1.04 bits per heavy atom. The minimum Gasteiger partial charge on any atom is -0.464 e. The van der Waals surface area contributed by atoms with Crippen molar-refractivity contribution in [3.05, 3.63) is 0 Å². The summed E-state index contributed by atoms with van der Waals surface area (Å²) in [6.07, 6.45) is 47.2. The minimum absolute atomic E-state index is 0.139. The number of carbonyl (C=O) groups excluding carboxylic acids is 1. The van der Waals surface area contributed by atoms with Crippen LogP contribution in [0.5, 0.6) is 0 Å². The molecular weight excluding hydrogens is 997 g/mol. The first-order chi connectivity index (χ1) is 37.7. The number of nitrogens with zero attached hydrogens (tertiary/aromatic N) is 4. The van der Waals surface area contributed by atoms with Gasteiger partial charge >= 0.3 is 5.97 Å². The van der Waals surface area contributed by atoms with Gasteiger partial charge < -0.3 is 30.1 Å². The number of esters is 1. The second kappa shape index (κ2) is 57.7. The van der Waals surface area contributed by atoms with Crippen LogP contribution < -0.4 is 0 Å². The van der Waals surface area contributed by atoms with E-state index in [0.29, 0.717) is 52.2 Å². The van der Waals surface area contributed by atoms with Gasteiger partial charge in [-0.2, -0.15) is 0 Å². The fourth-order valence-corrected chi connectivity index (χ4v) is 13.4. The van der Waals surface area contributed by atoms with E-state index in [1.807, 2.05) is 21.6 Å². The number of piperazine rings is 1. The molecule has 77 heavy (non-hydrogen) atoms. The molecule has 0 saturated carbocycles. The Hall–Kier alpha value is -0.150. The summed E-state index contributed by atoms with van der Waals surface area (Å²) in [4.78, 5) is 22.4. The van der Waals surface area contributed by atoms with E-state index in [2.05, 4.69) is 47.3 Å². The van der Waals surface area contributed by atoms with Crippen LogP contribution in [0.4, 0.5) is 0 Å². The maximum absolute atomic E-state index is 12.8. The molecule has 0 aromatic heterocycles. The second-order valence-corrected chi connectivity index (χ2v) is 26.6.